The van der Waals surface area contributed by atoms with Gasteiger partial charge >= 0.3 is 5.97 Å². The van der Waals surface area contributed by atoms with Crippen LogP contribution in [0.1, 0.15) is 15.9 Å². The number of furan rings is 1. The molecule has 0 saturated heterocycles. The third-order valence-electron chi connectivity index (χ3n) is 3.85. The summed E-state index contributed by atoms with van der Waals surface area (Å²) in [6, 6.07) is 13.4. The van der Waals surface area contributed by atoms with Gasteiger partial charge in [-0.15, -0.1) is 0 Å². The number of carboxylic acid groups (broad SMARTS) is 1. The molecule has 0 spiro atoms. The molecule has 0 amide bonds. The predicted octanol–water partition coefficient (Wildman–Crippen LogP) is 3.02. The molecule has 3 rings (SSSR count). The highest BCUT2D eigenvalue weighted by Crippen LogP contribution is 2.35. The molecule has 1 heterocycles. The molecule has 26 heavy (non-hydrogen) atoms. The number of hydrogen-bond acceptors (Lipinski definition) is 4. The number of aromatic carboxylic acids is 1. The Balaban J connectivity index is 2.25. The van der Waals surface area contributed by atoms with Gasteiger partial charge in [0.05, 0.1) is 29.3 Å². The van der Waals surface area contributed by atoms with Crippen molar-refractivity contribution in [1.29, 1.82) is 0 Å². The van der Waals surface area contributed by atoms with Crippen molar-refractivity contribution in [2.45, 2.75) is 4.90 Å². The highest BCUT2D eigenvalue weighted by atomic mass is 32.2. The summed E-state index contributed by atoms with van der Waals surface area (Å²) in [6.07, 6.45) is 2.97. The predicted molar refractivity (Wildman–Crippen MR) is 99.9 cm³/mol. The molecule has 2 aromatic carbocycles. The minimum Gasteiger partial charge on any atom is -0.495 e. The van der Waals surface area contributed by atoms with E-state index in [0.29, 0.717) is 16.0 Å². The van der Waals surface area contributed by atoms with Gasteiger partial charge in [0.25, 0.3) is 0 Å². The first-order chi connectivity index (χ1) is 12.4. The fourth-order valence-electron chi connectivity index (χ4n) is 2.66. The zero-order valence-electron chi connectivity index (χ0n) is 13.9. The molecule has 1 aromatic heterocycles. The Kier molecular flexibility index (Phi) is 4.83. The van der Waals surface area contributed by atoms with Crippen LogP contribution in [-0.4, -0.2) is 27.8 Å². The largest absolute Gasteiger partial charge is 0.495 e. The van der Waals surface area contributed by atoms with Crippen molar-refractivity contribution >= 4 is 21.0 Å². The van der Waals surface area contributed by atoms with Crippen molar-refractivity contribution in [3.63, 3.8) is 0 Å². The van der Waals surface area contributed by atoms with E-state index >= 15 is 0 Å². The monoisotopic (exact) mass is 371 g/mol. The fourth-order valence-corrected chi connectivity index (χ4v) is 3.96. The van der Waals surface area contributed by atoms with Gasteiger partial charge < -0.3 is 14.3 Å². The Morgan fingerprint density at radius 2 is 1.92 bits per heavy atom. The van der Waals surface area contributed by atoms with Gasteiger partial charge in [0.2, 0.25) is 0 Å². The van der Waals surface area contributed by atoms with Crippen molar-refractivity contribution < 1.29 is 23.3 Å². The molecule has 0 aliphatic heterocycles. The summed E-state index contributed by atoms with van der Waals surface area (Å²) in [6.45, 7) is 0. The van der Waals surface area contributed by atoms with Gasteiger partial charge in [-0.3, -0.25) is 5.14 Å². The maximum Gasteiger partial charge on any atom is 0.340 e. The third kappa shape index (κ3) is 3.35. The van der Waals surface area contributed by atoms with Gasteiger partial charge in [-0.1, -0.05) is 24.3 Å². The van der Waals surface area contributed by atoms with Crippen LogP contribution in [0.25, 0.3) is 11.1 Å². The smallest absolute Gasteiger partial charge is 0.340 e. The lowest BCUT2D eigenvalue weighted by atomic mass is 9.99. The van der Waals surface area contributed by atoms with Gasteiger partial charge in [0.1, 0.15) is 11.3 Å². The Morgan fingerprint density at radius 3 is 2.50 bits per heavy atom. The highest BCUT2D eigenvalue weighted by Gasteiger charge is 2.21. The quantitative estimate of drug-likeness (QED) is 0.671. The van der Waals surface area contributed by atoms with Crippen molar-refractivity contribution in [3.05, 3.63) is 72.2 Å². The van der Waals surface area contributed by atoms with Gasteiger partial charge in [-0.25, -0.2) is 9.00 Å². The van der Waals surface area contributed by atoms with Crippen molar-refractivity contribution in [3.8, 4) is 16.9 Å². The molecule has 3 N–H and O–H groups in total. The number of nitrogens with two attached hydrogens (primary N) is 1. The summed E-state index contributed by atoms with van der Waals surface area (Å²) in [5.74, 6) is -1.06. The summed E-state index contributed by atoms with van der Waals surface area (Å²) in [5, 5.41) is 17.0. The minimum atomic E-state index is -3.07. The molecular weight excluding hydrogens is 354 g/mol. The second kappa shape index (κ2) is 7.07. The van der Waals surface area contributed by atoms with Crippen molar-refractivity contribution in [1.82, 2.24) is 0 Å². The van der Waals surface area contributed by atoms with E-state index in [1.165, 1.54) is 25.0 Å². The van der Waals surface area contributed by atoms with E-state index in [2.05, 4.69) is 0 Å². The number of hydrogen-bond donors (Lipinski definition) is 2. The van der Waals surface area contributed by atoms with Crippen LogP contribution >= 0.6 is 0 Å². The maximum absolute atomic E-state index is 12.9. The number of carboxylic acids is 1. The highest BCUT2D eigenvalue weighted by molar-refractivity contribution is 7.99. The zero-order chi connectivity index (χ0) is 18.7. The molecule has 0 radical (unpaired) electrons. The minimum absolute atomic E-state index is 0.111. The molecule has 0 fully saturated rings. The number of methoxy groups -OCH3 is 1. The Bertz CT molecular complexity index is 1050. The van der Waals surface area contributed by atoms with E-state index in [9.17, 15) is 14.1 Å². The molecular formula is C19H17NO5S. The molecule has 6 nitrogen and oxygen atoms in total. The Morgan fingerprint density at radius 1 is 1.19 bits per heavy atom. The first-order valence-corrected chi connectivity index (χ1v) is 9.31. The van der Waals surface area contributed by atoms with E-state index in [1.54, 1.807) is 48.5 Å². The SMILES string of the molecule is COc1c(-c2ccoc2)ccc(C=S(N)(=O)c2ccccc2)c1C(=O)O. The van der Waals surface area contributed by atoms with E-state index in [4.69, 9.17) is 14.3 Å². The Labute approximate surface area is 151 Å². The molecule has 1 unspecified atom stereocenters. The van der Waals surface area contributed by atoms with E-state index < -0.39 is 15.7 Å². The lowest BCUT2D eigenvalue weighted by molar-refractivity contribution is 0.0693. The Hall–Kier alpha value is -3.03. The second-order valence-corrected chi connectivity index (χ2v) is 7.51. The van der Waals surface area contributed by atoms with Crippen LogP contribution in [0.4, 0.5) is 0 Å². The summed E-state index contributed by atoms with van der Waals surface area (Å²) >= 11 is 0. The standard InChI is InChI=1S/C19H17NO5S/c1-24-18-16(13-9-10-25-11-13)8-7-14(17(18)19(21)22)12-26(20,23)15-5-3-2-4-6-15/h2-12H,1H3,(H2,20,23)(H,21,22). The molecule has 134 valence electrons. The fraction of sp³-hybridized carbons (Fsp3) is 0.0526. The lowest BCUT2D eigenvalue weighted by Crippen LogP contribution is -2.18. The van der Waals surface area contributed by atoms with Crippen LogP contribution in [0.15, 0.2) is 70.4 Å². The summed E-state index contributed by atoms with van der Waals surface area (Å²) in [7, 11) is -1.69. The first kappa shape index (κ1) is 17.8. The van der Waals surface area contributed by atoms with Crippen molar-refractivity contribution in [2.24, 2.45) is 5.14 Å². The number of ether oxygens (including phenoxy) is 1. The van der Waals surface area contributed by atoms with Gasteiger partial charge in [-0.05, 0) is 24.3 Å². The number of rotatable bonds is 5. The van der Waals surface area contributed by atoms with E-state index in [0.717, 1.165) is 0 Å². The van der Waals surface area contributed by atoms with Crippen LogP contribution in [0.5, 0.6) is 5.75 Å². The van der Waals surface area contributed by atoms with Crippen molar-refractivity contribution in [2.75, 3.05) is 7.11 Å². The molecule has 0 aliphatic rings. The zero-order valence-corrected chi connectivity index (χ0v) is 14.7. The topological polar surface area (TPSA) is 103 Å². The van der Waals surface area contributed by atoms with Crippen LogP contribution in [0.2, 0.25) is 0 Å². The summed E-state index contributed by atoms with van der Waals surface area (Å²) in [4.78, 5) is 12.3. The van der Waals surface area contributed by atoms with Crippen LogP contribution < -0.4 is 9.88 Å². The van der Waals surface area contributed by atoms with Crippen LogP contribution in [0, 0.1) is 0 Å². The summed E-state index contributed by atoms with van der Waals surface area (Å²) < 4.78 is 23.3. The second-order valence-electron chi connectivity index (χ2n) is 5.51. The van der Waals surface area contributed by atoms with Crippen LogP contribution in [0.3, 0.4) is 0 Å². The summed E-state index contributed by atoms with van der Waals surface area (Å²) in [5.41, 5.74) is 1.34. The van der Waals surface area contributed by atoms with E-state index in [-0.39, 0.29) is 16.9 Å². The number of benzene rings is 2. The average Bonchev–Trinajstić information content (AvgIpc) is 3.15. The molecule has 1 atom stereocenters. The van der Waals surface area contributed by atoms with E-state index in [1.807, 2.05) is 0 Å². The first-order valence-electron chi connectivity index (χ1n) is 7.62. The molecule has 3 aromatic rings. The third-order valence-corrected chi connectivity index (χ3v) is 5.47. The average molecular weight is 371 g/mol. The molecule has 0 aliphatic carbocycles. The lowest BCUT2D eigenvalue weighted by Gasteiger charge is -2.14. The number of carbonyl (C=O) groups is 1. The van der Waals surface area contributed by atoms with Gasteiger partial charge in [0.15, 0.2) is 0 Å². The maximum atomic E-state index is 12.9. The van der Waals surface area contributed by atoms with Gasteiger partial charge in [0, 0.05) is 27.0 Å². The normalized spacial score (nSPS) is 13.0. The molecule has 0 bridgehead atoms. The van der Waals surface area contributed by atoms with Crippen LogP contribution in [-0.2, 0) is 9.71 Å². The molecule has 0 saturated carbocycles. The molecule has 7 heteroatoms. The van der Waals surface area contributed by atoms with Gasteiger partial charge in [-0.2, -0.15) is 0 Å².